The number of rotatable bonds is 7. The summed E-state index contributed by atoms with van der Waals surface area (Å²) >= 11 is 0. The zero-order chi connectivity index (χ0) is 16.8. The van der Waals surface area contributed by atoms with E-state index in [0.717, 1.165) is 11.5 Å². The lowest BCUT2D eigenvalue weighted by Crippen LogP contribution is -2.56. The van der Waals surface area contributed by atoms with Crippen molar-refractivity contribution in [3.8, 4) is 0 Å². The highest BCUT2D eigenvalue weighted by Gasteiger charge is 2.32. The lowest BCUT2D eigenvalue weighted by Gasteiger charge is -2.34. The van der Waals surface area contributed by atoms with Gasteiger partial charge in [-0.2, -0.15) is 0 Å². The Kier molecular flexibility index (Phi) is 6.14. The number of hydrogen-bond acceptors (Lipinski definition) is 6. The molecule has 0 aliphatic carbocycles. The van der Waals surface area contributed by atoms with Crippen LogP contribution in [0.25, 0.3) is 0 Å². The molecular weight excluding hydrogens is 302 g/mol. The van der Waals surface area contributed by atoms with E-state index in [1.54, 1.807) is 0 Å². The number of furan rings is 1. The molecule has 2 heterocycles. The average molecular weight is 325 g/mol. The summed E-state index contributed by atoms with van der Waals surface area (Å²) in [4.78, 5) is 26.0. The molecule has 0 aromatic carbocycles. The fourth-order valence-corrected chi connectivity index (χ4v) is 2.55. The Labute approximate surface area is 134 Å². The van der Waals surface area contributed by atoms with Gasteiger partial charge in [-0.3, -0.25) is 14.5 Å². The minimum atomic E-state index is -0.713. The molecule has 0 spiro atoms. The molecule has 1 saturated heterocycles. The van der Waals surface area contributed by atoms with E-state index in [-0.39, 0.29) is 31.4 Å². The van der Waals surface area contributed by atoms with Crippen LogP contribution in [0.2, 0.25) is 0 Å². The van der Waals surface area contributed by atoms with Crippen LogP contribution in [0, 0.1) is 6.92 Å². The van der Waals surface area contributed by atoms with E-state index in [2.05, 4.69) is 10.6 Å². The van der Waals surface area contributed by atoms with Gasteiger partial charge in [0.2, 0.25) is 11.8 Å². The van der Waals surface area contributed by atoms with Crippen molar-refractivity contribution in [2.45, 2.75) is 32.0 Å². The molecule has 1 aliphatic heterocycles. The molecule has 1 aromatic rings. The molecule has 1 fully saturated rings. The van der Waals surface area contributed by atoms with E-state index < -0.39 is 12.1 Å². The van der Waals surface area contributed by atoms with Gasteiger partial charge in [-0.25, -0.2) is 0 Å². The van der Waals surface area contributed by atoms with E-state index in [0.29, 0.717) is 19.6 Å². The molecule has 2 amide bonds. The van der Waals surface area contributed by atoms with Crippen molar-refractivity contribution >= 4 is 11.8 Å². The van der Waals surface area contributed by atoms with Crippen LogP contribution >= 0.6 is 0 Å². The van der Waals surface area contributed by atoms with E-state index in [9.17, 15) is 9.59 Å². The van der Waals surface area contributed by atoms with Gasteiger partial charge >= 0.3 is 0 Å². The van der Waals surface area contributed by atoms with Gasteiger partial charge in [0.1, 0.15) is 11.5 Å². The Balaban J connectivity index is 1.99. The Hall–Kier alpha value is -1.90. The van der Waals surface area contributed by atoms with Crippen LogP contribution in [-0.2, 0) is 16.1 Å². The van der Waals surface area contributed by atoms with Crippen LogP contribution in [0.3, 0.4) is 0 Å². The first-order valence-electron chi connectivity index (χ1n) is 7.61. The first-order valence-corrected chi connectivity index (χ1v) is 7.61. The van der Waals surface area contributed by atoms with Crippen molar-refractivity contribution < 1.29 is 24.2 Å². The number of aryl methyl sites for hydroxylation is 1. The third-order valence-corrected chi connectivity index (χ3v) is 3.78. The largest absolute Gasteiger partial charge is 0.465 e. The predicted molar refractivity (Wildman–Crippen MR) is 81.4 cm³/mol. The lowest BCUT2D eigenvalue weighted by atomic mass is 10.1. The number of aliphatic hydroxyl groups excluding tert-OH is 2. The Morgan fingerprint density at radius 3 is 2.83 bits per heavy atom. The van der Waals surface area contributed by atoms with Crippen LogP contribution in [-0.4, -0.2) is 65.3 Å². The standard InChI is InChI=1S/C15H23N3O5/c1-10-2-3-12(23-10)7-18-5-4-16-15(22)13(18)6-14(21)17-11(8-19)9-20/h2-3,11,13,19-20H,4-9H2,1H3,(H,16,22)(H,17,21). The molecule has 8 nitrogen and oxygen atoms in total. The molecule has 0 bridgehead atoms. The van der Waals surface area contributed by atoms with Crippen LogP contribution in [0.4, 0.5) is 0 Å². The van der Waals surface area contributed by atoms with Crippen molar-refractivity contribution in [3.05, 3.63) is 23.7 Å². The number of nitrogens with one attached hydrogen (secondary N) is 2. The maximum absolute atomic E-state index is 12.1. The van der Waals surface area contributed by atoms with Gasteiger partial charge in [-0.15, -0.1) is 0 Å². The highest BCUT2D eigenvalue weighted by Crippen LogP contribution is 2.15. The van der Waals surface area contributed by atoms with Crippen molar-refractivity contribution in [2.75, 3.05) is 26.3 Å². The van der Waals surface area contributed by atoms with E-state index in [1.807, 2.05) is 24.0 Å². The summed E-state index contributed by atoms with van der Waals surface area (Å²) in [5.74, 6) is 0.940. The monoisotopic (exact) mass is 325 g/mol. The summed E-state index contributed by atoms with van der Waals surface area (Å²) in [6, 6.07) is 2.39. The Bertz CT molecular complexity index is 541. The number of carbonyl (C=O) groups excluding carboxylic acids is 2. The van der Waals surface area contributed by atoms with Gasteiger partial charge in [0.15, 0.2) is 0 Å². The summed E-state index contributed by atoms with van der Waals surface area (Å²) < 4.78 is 5.53. The maximum atomic E-state index is 12.1. The second kappa shape index (κ2) is 8.09. The molecule has 128 valence electrons. The highest BCUT2D eigenvalue weighted by molar-refractivity contribution is 5.88. The van der Waals surface area contributed by atoms with E-state index in [1.165, 1.54) is 0 Å². The van der Waals surface area contributed by atoms with Crippen molar-refractivity contribution in [1.29, 1.82) is 0 Å². The van der Waals surface area contributed by atoms with E-state index in [4.69, 9.17) is 14.6 Å². The summed E-state index contributed by atoms with van der Waals surface area (Å²) in [6.45, 7) is 2.73. The zero-order valence-electron chi connectivity index (χ0n) is 13.1. The smallest absolute Gasteiger partial charge is 0.237 e. The normalized spacial score (nSPS) is 19.0. The number of aliphatic hydroxyl groups is 2. The molecule has 0 saturated carbocycles. The summed E-state index contributed by atoms with van der Waals surface area (Å²) in [5.41, 5.74) is 0. The fourth-order valence-electron chi connectivity index (χ4n) is 2.55. The molecule has 0 radical (unpaired) electrons. The van der Waals surface area contributed by atoms with Crippen LogP contribution in [0.5, 0.6) is 0 Å². The van der Waals surface area contributed by atoms with Gasteiger partial charge < -0.3 is 25.3 Å². The molecule has 1 aliphatic rings. The van der Waals surface area contributed by atoms with Crippen LogP contribution < -0.4 is 10.6 Å². The lowest BCUT2D eigenvalue weighted by molar-refractivity contribution is -0.134. The second-order valence-corrected chi connectivity index (χ2v) is 5.62. The quantitative estimate of drug-likeness (QED) is 0.498. The predicted octanol–water partition coefficient (Wildman–Crippen LogP) is -1.25. The Morgan fingerprint density at radius 2 is 2.22 bits per heavy atom. The third-order valence-electron chi connectivity index (χ3n) is 3.78. The average Bonchev–Trinajstić information content (AvgIpc) is 2.93. The fraction of sp³-hybridized carbons (Fsp3) is 0.600. The van der Waals surface area contributed by atoms with Gasteiger partial charge in [-0.1, -0.05) is 0 Å². The van der Waals surface area contributed by atoms with Gasteiger partial charge in [-0.05, 0) is 19.1 Å². The molecule has 1 atom stereocenters. The minimum absolute atomic E-state index is 0.0397. The third kappa shape index (κ3) is 4.78. The maximum Gasteiger partial charge on any atom is 0.237 e. The van der Waals surface area contributed by atoms with Crippen molar-refractivity contribution in [2.24, 2.45) is 0 Å². The summed E-state index contributed by atoms with van der Waals surface area (Å²) in [6.07, 6.45) is -0.0397. The first kappa shape index (κ1) is 17.5. The van der Waals surface area contributed by atoms with Crippen LogP contribution in [0.15, 0.2) is 16.5 Å². The number of carbonyl (C=O) groups is 2. The number of amides is 2. The Morgan fingerprint density at radius 1 is 1.48 bits per heavy atom. The molecule has 23 heavy (non-hydrogen) atoms. The summed E-state index contributed by atoms with van der Waals surface area (Å²) in [7, 11) is 0. The molecule has 2 rings (SSSR count). The van der Waals surface area contributed by atoms with Crippen molar-refractivity contribution in [3.63, 3.8) is 0 Å². The second-order valence-electron chi connectivity index (χ2n) is 5.62. The molecule has 1 unspecified atom stereocenters. The van der Waals surface area contributed by atoms with Gasteiger partial charge in [0.05, 0.1) is 38.3 Å². The minimum Gasteiger partial charge on any atom is -0.465 e. The molecule has 4 N–H and O–H groups in total. The highest BCUT2D eigenvalue weighted by atomic mass is 16.3. The van der Waals surface area contributed by atoms with Gasteiger partial charge in [0.25, 0.3) is 0 Å². The topological polar surface area (TPSA) is 115 Å². The van der Waals surface area contributed by atoms with E-state index >= 15 is 0 Å². The number of nitrogens with zero attached hydrogens (tertiary/aromatic N) is 1. The summed E-state index contributed by atoms with van der Waals surface area (Å²) in [5, 5.41) is 23.3. The zero-order valence-corrected chi connectivity index (χ0v) is 13.1. The number of hydrogen-bond donors (Lipinski definition) is 4. The number of piperazine rings is 1. The molecular formula is C15H23N3O5. The van der Waals surface area contributed by atoms with Gasteiger partial charge in [0, 0.05) is 13.1 Å². The molecule has 8 heteroatoms. The molecule has 1 aromatic heterocycles. The first-order chi connectivity index (χ1) is 11.0. The van der Waals surface area contributed by atoms with Crippen molar-refractivity contribution in [1.82, 2.24) is 15.5 Å². The van der Waals surface area contributed by atoms with Crippen LogP contribution in [0.1, 0.15) is 17.9 Å². The SMILES string of the molecule is Cc1ccc(CN2CCNC(=O)C2CC(=O)NC(CO)CO)o1.